The fourth-order valence-corrected chi connectivity index (χ4v) is 5.27. The van der Waals surface area contributed by atoms with Crippen molar-refractivity contribution < 1.29 is 38.8 Å². The van der Waals surface area contributed by atoms with Gasteiger partial charge in [-0.05, 0) is 62.2 Å². The first kappa shape index (κ1) is 28.6. The Bertz CT molecular complexity index is 1460. The maximum Gasteiger partial charge on any atom is 0.350 e. The van der Waals surface area contributed by atoms with Gasteiger partial charge in [-0.15, -0.1) is 0 Å². The van der Waals surface area contributed by atoms with Crippen LogP contribution in [0.4, 0.5) is 5.13 Å². The van der Waals surface area contributed by atoms with Crippen molar-refractivity contribution in [2.24, 2.45) is 0 Å². The lowest BCUT2D eigenvalue weighted by Crippen LogP contribution is -2.29. The number of phenolic OH excluding ortho intramolecular Hbond substituents is 1. The summed E-state index contributed by atoms with van der Waals surface area (Å²) >= 11 is 0.909. The Balaban J connectivity index is 1.85. The first-order valence-corrected chi connectivity index (χ1v) is 13.6. The smallest absolute Gasteiger partial charge is 0.350 e. The average Bonchev–Trinajstić information content (AvgIpc) is 3.45. The number of thiazole rings is 1. The predicted molar refractivity (Wildman–Crippen MR) is 149 cm³/mol. The molecule has 0 aliphatic carbocycles. The van der Waals surface area contributed by atoms with E-state index in [1.54, 1.807) is 38.1 Å². The maximum atomic E-state index is 13.5. The first-order valence-electron chi connectivity index (χ1n) is 12.8. The number of ketones is 1. The zero-order chi connectivity index (χ0) is 29.0. The van der Waals surface area contributed by atoms with Crippen molar-refractivity contribution in [2.75, 3.05) is 25.2 Å². The van der Waals surface area contributed by atoms with E-state index in [0.717, 1.165) is 29.1 Å². The number of aryl methyl sites for hydroxylation is 1. The van der Waals surface area contributed by atoms with Crippen LogP contribution in [0, 0.1) is 6.92 Å². The lowest BCUT2D eigenvalue weighted by Gasteiger charge is -2.23. The van der Waals surface area contributed by atoms with E-state index in [1.165, 1.54) is 25.3 Å². The van der Waals surface area contributed by atoms with Crippen LogP contribution in [-0.2, 0) is 14.3 Å². The summed E-state index contributed by atoms with van der Waals surface area (Å²) in [6.45, 7) is 6.05. The zero-order valence-electron chi connectivity index (χ0n) is 22.6. The molecule has 1 fully saturated rings. The van der Waals surface area contributed by atoms with Crippen LogP contribution in [0.15, 0.2) is 48.0 Å². The number of benzene rings is 2. The fraction of sp³-hybridized carbons (Fsp3) is 0.310. The molecule has 1 aliphatic heterocycles. The highest BCUT2D eigenvalue weighted by Gasteiger charge is 2.48. The summed E-state index contributed by atoms with van der Waals surface area (Å²) in [6.07, 6.45) is 1.89. The van der Waals surface area contributed by atoms with Crippen LogP contribution in [-0.4, -0.2) is 53.2 Å². The minimum absolute atomic E-state index is 0.0819. The highest BCUT2D eigenvalue weighted by atomic mass is 32.1. The number of Topliss-reactive ketones (excluding diaryl/α,β-unsaturated/α-hetero) is 1. The van der Waals surface area contributed by atoms with Crippen LogP contribution >= 0.6 is 11.3 Å². The first-order chi connectivity index (χ1) is 19.2. The van der Waals surface area contributed by atoms with Crippen LogP contribution in [0.2, 0.25) is 0 Å². The number of hydrogen-bond donors (Lipinski definition) is 2. The number of amides is 1. The number of carbonyl (C=O) groups excluding carboxylic acids is 3. The third-order valence-electron chi connectivity index (χ3n) is 6.31. The van der Waals surface area contributed by atoms with Gasteiger partial charge >= 0.3 is 11.9 Å². The number of unbranched alkanes of at least 4 members (excludes halogenated alkanes) is 1. The molecule has 1 unspecified atom stereocenters. The Morgan fingerprint density at radius 1 is 1.12 bits per heavy atom. The maximum absolute atomic E-state index is 13.5. The van der Waals surface area contributed by atoms with Crippen LogP contribution in [0.5, 0.6) is 17.2 Å². The number of aliphatic hydroxyl groups is 1. The van der Waals surface area contributed by atoms with Crippen molar-refractivity contribution >= 4 is 39.9 Å². The van der Waals surface area contributed by atoms with E-state index < -0.39 is 29.5 Å². The van der Waals surface area contributed by atoms with Gasteiger partial charge in [-0.3, -0.25) is 14.5 Å². The van der Waals surface area contributed by atoms with Crippen molar-refractivity contribution in [3.05, 3.63) is 69.7 Å². The number of ether oxygens (including phenoxy) is 3. The Labute approximate surface area is 235 Å². The molecule has 4 rings (SSSR count). The molecule has 2 heterocycles. The summed E-state index contributed by atoms with van der Waals surface area (Å²) in [5, 5.41) is 21.6. The zero-order valence-corrected chi connectivity index (χ0v) is 23.4. The van der Waals surface area contributed by atoms with Gasteiger partial charge in [0.05, 0.1) is 37.6 Å². The molecular weight excluding hydrogens is 536 g/mol. The van der Waals surface area contributed by atoms with Crippen molar-refractivity contribution in [3.63, 3.8) is 0 Å². The number of anilines is 1. The van der Waals surface area contributed by atoms with Gasteiger partial charge in [-0.1, -0.05) is 30.7 Å². The van der Waals surface area contributed by atoms with Crippen LogP contribution in [0.3, 0.4) is 0 Å². The van der Waals surface area contributed by atoms with E-state index in [9.17, 15) is 24.6 Å². The number of carbonyl (C=O) groups is 3. The molecule has 0 saturated carbocycles. The molecule has 0 radical (unpaired) electrons. The monoisotopic (exact) mass is 566 g/mol. The second-order valence-corrected chi connectivity index (χ2v) is 9.94. The number of phenols is 1. The SMILES string of the molecule is CCCCOc1ccc(/C(O)=C2\C(=O)C(=O)N(c3nc(C)c(C(=O)OCC)s3)C2c2ccc(O)c(OC)c2)cc1. The molecule has 2 N–H and O–H groups in total. The van der Waals surface area contributed by atoms with E-state index in [0.29, 0.717) is 29.2 Å². The Kier molecular flexibility index (Phi) is 8.73. The minimum atomic E-state index is -1.13. The summed E-state index contributed by atoms with van der Waals surface area (Å²) in [5.41, 5.74) is 0.837. The summed E-state index contributed by atoms with van der Waals surface area (Å²) in [7, 11) is 1.37. The van der Waals surface area contributed by atoms with Gasteiger partial charge in [0.25, 0.3) is 5.78 Å². The van der Waals surface area contributed by atoms with Crippen molar-refractivity contribution in [1.29, 1.82) is 0 Å². The minimum Gasteiger partial charge on any atom is -0.507 e. The molecule has 0 bridgehead atoms. The third kappa shape index (κ3) is 5.50. The number of hydrogen-bond acceptors (Lipinski definition) is 10. The van der Waals surface area contributed by atoms with E-state index in [2.05, 4.69) is 11.9 Å². The molecular formula is C29H30N2O8S. The fourth-order valence-electron chi connectivity index (χ4n) is 4.28. The van der Waals surface area contributed by atoms with Gasteiger partial charge < -0.3 is 24.4 Å². The molecule has 1 aromatic heterocycles. The molecule has 210 valence electrons. The Hall–Kier alpha value is -4.38. The van der Waals surface area contributed by atoms with E-state index in [-0.39, 0.29) is 33.7 Å². The van der Waals surface area contributed by atoms with Gasteiger partial charge in [-0.25, -0.2) is 9.78 Å². The molecule has 1 saturated heterocycles. The molecule has 11 heteroatoms. The summed E-state index contributed by atoms with van der Waals surface area (Å²) in [5.74, 6) is -2.27. The van der Waals surface area contributed by atoms with Crippen molar-refractivity contribution in [1.82, 2.24) is 4.98 Å². The van der Waals surface area contributed by atoms with E-state index in [4.69, 9.17) is 14.2 Å². The number of esters is 1. The van der Waals surface area contributed by atoms with Gasteiger partial charge in [0, 0.05) is 5.56 Å². The molecule has 1 atom stereocenters. The van der Waals surface area contributed by atoms with Crippen LogP contribution in [0.1, 0.15) is 59.2 Å². The molecule has 3 aromatic rings. The second kappa shape index (κ2) is 12.2. The molecule has 2 aromatic carbocycles. The van der Waals surface area contributed by atoms with Gasteiger partial charge in [0.2, 0.25) is 0 Å². The summed E-state index contributed by atoms with van der Waals surface area (Å²) in [6, 6.07) is 9.79. The van der Waals surface area contributed by atoms with Crippen molar-refractivity contribution in [3.8, 4) is 17.2 Å². The lowest BCUT2D eigenvalue weighted by atomic mass is 9.95. The normalized spacial score (nSPS) is 16.3. The Morgan fingerprint density at radius 3 is 2.50 bits per heavy atom. The predicted octanol–water partition coefficient (Wildman–Crippen LogP) is 5.15. The molecule has 10 nitrogen and oxygen atoms in total. The quantitative estimate of drug-likeness (QED) is 0.112. The number of aromatic nitrogens is 1. The third-order valence-corrected chi connectivity index (χ3v) is 7.45. The van der Waals surface area contributed by atoms with Gasteiger partial charge in [0.1, 0.15) is 16.4 Å². The number of aliphatic hydroxyl groups excluding tert-OH is 1. The van der Waals surface area contributed by atoms with Gasteiger partial charge in [0.15, 0.2) is 16.6 Å². The number of rotatable bonds is 10. The molecule has 40 heavy (non-hydrogen) atoms. The van der Waals surface area contributed by atoms with Crippen molar-refractivity contribution in [2.45, 2.75) is 39.7 Å². The molecule has 1 aliphatic rings. The topological polar surface area (TPSA) is 135 Å². The number of nitrogens with zero attached hydrogens (tertiary/aromatic N) is 2. The summed E-state index contributed by atoms with van der Waals surface area (Å²) in [4.78, 5) is 45.1. The lowest BCUT2D eigenvalue weighted by molar-refractivity contribution is -0.132. The standard InChI is InChI=1S/C29H30N2O8S/c1-5-7-14-39-19-11-8-17(9-12-19)24(33)22-23(18-10-13-20(32)21(15-18)37-4)31(27(35)25(22)34)29-30-16(3)26(40-29)28(36)38-6-2/h8-13,15,23,32-33H,5-7,14H2,1-4H3/b24-22+. The Morgan fingerprint density at radius 2 is 1.85 bits per heavy atom. The van der Waals surface area contributed by atoms with Crippen LogP contribution < -0.4 is 14.4 Å². The molecule has 0 spiro atoms. The second-order valence-electron chi connectivity index (χ2n) is 8.96. The average molecular weight is 567 g/mol. The van der Waals surface area contributed by atoms with E-state index >= 15 is 0 Å². The van der Waals surface area contributed by atoms with Crippen LogP contribution in [0.25, 0.3) is 5.76 Å². The summed E-state index contributed by atoms with van der Waals surface area (Å²) < 4.78 is 16.0. The highest BCUT2D eigenvalue weighted by Crippen LogP contribution is 2.45. The largest absolute Gasteiger partial charge is 0.507 e. The highest BCUT2D eigenvalue weighted by molar-refractivity contribution is 7.17. The number of aromatic hydroxyl groups is 1. The van der Waals surface area contributed by atoms with Gasteiger partial charge in [-0.2, -0.15) is 0 Å². The number of methoxy groups -OCH3 is 1. The van der Waals surface area contributed by atoms with E-state index in [1.807, 2.05) is 0 Å². The molecule has 1 amide bonds.